The van der Waals surface area contributed by atoms with Gasteiger partial charge in [0.15, 0.2) is 11.5 Å². The Morgan fingerprint density at radius 2 is 1.71 bits per heavy atom. The fourth-order valence-electron chi connectivity index (χ4n) is 2.40. The zero-order valence-corrected chi connectivity index (χ0v) is 13.6. The number of nitrogens with zero attached hydrogens (tertiary/aromatic N) is 2. The normalized spacial score (nSPS) is 10.4. The van der Waals surface area contributed by atoms with Gasteiger partial charge in [0.1, 0.15) is 5.56 Å². The van der Waals surface area contributed by atoms with E-state index >= 15 is 0 Å². The maximum Gasteiger partial charge on any atom is 0.347 e. The molecule has 1 aromatic heterocycles. The lowest BCUT2D eigenvalue weighted by molar-refractivity contribution is 0.0727. The SMILES string of the molecule is CCOc1ccccc1OC(=O)c1cnn(-c2ccccc2)c1C. The molecule has 3 aromatic rings. The van der Waals surface area contributed by atoms with Crippen molar-refractivity contribution >= 4 is 5.97 Å². The van der Waals surface area contributed by atoms with Crippen molar-refractivity contribution in [3.8, 4) is 17.2 Å². The molecule has 0 bridgehead atoms. The number of ether oxygens (including phenoxy) is 2. The topological polar surface area (TPSA) is 53.4 Å². The average molecular weight is 322 g/mol. The Balaban J connectivity index is 1.86. The predicted molar refractivity (Wildman–Crippen MR) is 90.9 cm³/mol. The van der Waals surface area contributed by atoms with Gasteiger partial charge >= 0.3 is 5.97 Å². The monoisotopic (exact) mass is 322 g/mol. The van der Waals surface area contributed by atoms with Crippen LogP contribution in [-0.2, 0) is 0 Å². The highest BCUT2D eigenvalue weighted by Gasteiger charge is 2.18. The lowest BCUT2D eigenvalue weighted by atomic mass is 10.2. The number of aromatic nitrogens is 2. The van der Waals surface area contributed by atoms with Crippen molar-refractivity contribution in [2.45, 2.75) is 13.8 Å². The van der Waals surface area contributed by atoms with E-state index in [1.165, 1.54) is 6.20 Å². The van der Waals surface area contributed by atoms with E-state index in [1.807, 2.05) is 50.2 Å². The molecule has 0 radical (unpaired) electrons. The van der Waals surface area contributed by atoms with Crippen LogP contribution in [0.2, 0.25) is 0 Å². The van der Waals surface area contributed by atoms with Crippen LogP contribution in [0.5, 0.6) is 11.5 Å². The van der Waals surface area contributed by atoms with Gasteiger partial charge in [0.05, 0.1) is 24.2 Å². The first-order valence-electron chi connectivity index (χ1n) is 7.74. The summed E-state index contributed by atoms with van der Waals surface area (Å²) in [5.74, 6) is 0.486. The van der Waals surface area contributed by atoms with Gasteiger partial charge in [0, 0.05) is 0 Å². The summed E-state index contributed by atoms with van der Waals surface area (Å²) in [5, 5.41) is 4.29. The summed E-state index contributed by atoms with van der Waals surface area (Å²) in [6.07, 6.45) is 1.52. The zero-order valence-electron chi connectivity index (χ0n) is 13.6. The number of carbonyl (C=O) groups is 1. The molecule has 0 fully saturated rings. The van der Waals surface area contributed by atoms with Crippen LogP contribution in [0.15, 0.2) is 60.8 Å². The average Bonchev–Trinajstić information content (AvgIpc) is 2.99. The van der Waals surface area contributed by atoms with Crippen LogP contribution >= 0.6 is 0 Å². The molecule has 24 heavy (non-hydrogen) atoms. The number of esters is 1. The summed E-state index contributed by atoms with van der Waals surface area (Å²) in [7, 11) is 0. The molecule has 5 nitrogen and oxygen atoms in total. The third-order valence-electron chi connectivity index (χ3n) is 3.58. The van der Waals surface area contributed by atoms with Gasteiger partial charge in [-0.1, -0.05) is 30.3 Å². The van der Waals surface area contributed by atoms with Gasteiger partial charge in [0.2, 0.25) is 0 Å². The molecule has 0 atom stereocenters. The van der Waals surface area contributed by atoms with Crippen LogP contribution in [0.3, 0.4) is 0 Å². The lowest BCUT2D eigenvalue weighted by Gasteiger charge is -2.10. The van der Waals surface area contributed by atoms with Crippen molar-refractivity contribution in [1.82, 2.24) is 9.78 Å². The summed E-state index contributed by atoms with van der Waals surface area (Å²) >= 11 is 0. The number of hydrogen-bond acceptors (Lipinski definition) is 4. The molecule has 3 rings (SSSR count). The molecule has 0 aliphatic heterocycles. The van der Waals surface area contributed by atoms with E-state index in [-0.39, 0.29) is 0 Å². The van der Waals surface area contributed by atoms with Gasteiger partial charge in [-0.15, -0.1) is 0 Å². The highest BCUT2D eigenvalue weighted by Crippen LogP contribution is 2.27. The molecule has 5 heteroatoms. The first kappa shape index (κ1) is 15.8. The number of carbonyl (C=O) groups excluding carboxylic acids is 1. The molecule has 0 spiro atoms. The van der Waals surface area contributed by atoms with Crippen LogP contribution in [0.1, 0.15) is 23.0 Å². The Labute approximate surface area is 140 Å². The molecule has 0 unspecified atom stereocenters. The minimum absolute atomic E-state index is 0.399. The molecular formula is C19H18N2O3. The lowest BCUT2D eigenvalue weighted by Crippen LogP contribution is -2.11. The first-order valence-corrected chi connectivity index (χ1v) is 7.74. The van der Waals surface area contributed by atoms with E-state index in [2.05, 4.69) is 5.10 Å². The number of hydrogen-bond donors (Lipinski definition) is 0. The zero-order chi connectivity index (χ0) is 16.9. The van der Waals surface area contributed by atoms with Crippen LogP contribution in [-0.4, -0.2) is 22.4 Å². The Kier molecular flexibility index (Phi) is 4.61. The van der Waals surface area contributed by atoms with E-state index in [0.29, 0.717) is 23.7 Å². The highest BCUT2D eigenvalue weighted by molar-refractivity contribution is 5.92. The summed E-state index contributed by atoms with van der Waals surface area (Å²) < 4.78 is 12.7. The van der Waals surface area contributed by atoms with Crippen molar-refractivity contribution in [2.75, 3.05) is 6.61 Å². The van der Waals surface area contributed by atoms with E-state index < -0.39 is 5.97 Å². The van der Waals surface area contributed by atoms with Crippen molar-refractivity contribution < 1.29 is 14.3 Å². The maximum atomic E-state index is 12.5. The third-order valence-corrected chi connectivity index (χ3v) is 3.58. The quantitative estimate of drug-likeness (QED) is 0.529. The van der Waals surface area contributed by atoms with Crippen molar-refractivity contribution in [2.24, 2.45) is 0 Å². The second-order valence-corrected chi connectivity index (χ2v) is 5.16. The molecule has 0 amide bonds. The first-order chi connectivity index (χ1) is 11.7. The Morgan fingerprint density at radius 1 is 1.04 bits per heavy atom. The van der Waals surface area contributed by atoms with Gasteiger partial charge < -0.3 is 9.47 Å². The summed E-state index contributed by atoms with van der Waals surface area (Å²) in [4.78, 5) is 12.5. The second-order valence-electron chi connectivity index (χ2n) is 5.16. The standard InChI is InChI=1S/C19H18N2O3/c1-3-23-17-11-7-8-12-18(17)24-19(22)16-13-20-21(14(16)2)15-9-5-4-6-10-15/h4-13H,3H2,1-2H3. The Hall–Kier alpha value is -3.08. The fourth-order valence-corrected chi connectivity index (χ4v) is 2.40. The molecule has 0 saturated heterocycles. The van der Waals surface area contributed by atoms with Gasteiger partial charge in [-0.25, -0.2) is 9.48 Å². The second kappa shape index (κ2) is 7.00. The van der Waals surface area contributed by atoms with Gasteiger partial charge in [0.25, 0.3) is 0 Å². The molecule has 1 heterocycles. The smallest absolute Gasteiger partial charge is 0.347 e. The van der Waals surface area contributed by atoms with Crippen LogP contribution in [0.25, 0.3) is 5.69 Å². The summed E-state index contributed by atoms with van der Waals surface area (Å²) in [6, 6.07) is 16.7. The van der Waals surface area contributed by atoms with E-state index in [0.717, 1.165) is 11.4 Å². The molecule has 0 saturated carbocycles. The summed E-state index contributed by atoms with van der Waals surface area (Å²) in [6.45, 7) is 4.22. The number of para-hydroxylation sites is 3. The number of benzene rings is 2. The molecule has 122 valence electrons. The van der Waals surface area contributed by atoms with E-state index in [1.54, 1.807) is 22.9 Å². The minimum atomic E-state index is -0.457. The van der Waals surface area contributed by atoms with E-state index in [9.17, 15) is 4.79 Å². The van der Waals surface area contributed by atoms with Crippen molar-refractivity contribution in [3.63, 3.8) is 0 Å². The van der Waals surface area contributed by atoms with Crippen LogP contribution in [0, 0.1) is 6.92 Å². The summed E-state index contributed by atoms with van der Waals surface area (Å²) in [5.41, 5.74) is 2.04. The van der Waals surface area contributed by atoms with Gasteiger partial charge in [-0.3, -0.25) is 0 Å². The molecule has 0 aliphatic rings. The molecule has 0 N–H and O–H groups in total. The molecule has 2 aromatic carbocycles. The van der Waals surface area contributed by atoms with Gasteiger partial charge in [-0.05, 0) is 38.1 Å². The Morgan fingerprint density at radius 3 is 2.42 bits per heavy atom. The van der Waals surface area contributed by atoms with Gasteiger partial charge in [-0.2, -0.15) is 5.10 Å². The van der Waals surface area contributed by atoms with Crippen molar-refractivity contribution in [1.29, 1.82) is 0 Å². The fraction of sp³-hybridized carbons (Fsp3) is 0.158. The molecule has 0 aliphatic carbocycles. The maximum absolute atomic E-state index is 12.5. The predicted octanol–water partition coefficient (Wildman–Crippen LogP) is 3.80. The highest BCUT2D eigenvalue weighted by atomic mass is 16.6. The number of rotatable bonds is 5. The largest absolute Gasteiger partial charge is 0.490 e. The Bertz CT molecular complexity index is 841. The minimum Gasteiger partial charge on any atom is -0.490 e. The van der Waals surface area contributed by atoms with Crippen LogP contribution < -0.4 is 9.47 Å². The van der Waals surface area contributed by atoms with Crippen LogP contribution in [0.4, 0.5) is 0 Å². The van der Waals surface area contributed by atoms with E-state index in [4.69, 9.17) is 9.47 Å². The molecular weight excluding hydrogens is 304 g/mol. The third kappa shape index (κ3) is 3.15. The van der Waals surface area contributed by atoms with Crippen molar-refractivity contribution in [3.05, 3.63) is 72.1 Å².